The Kier molecular flexibility index (Phi) is 3.62. The van der Waals surface area contributed by atoms with Gasteiger partial charge in [-0.3, -0.25) is 0 Å². The van der Waals surface area contributed by atoms with Crippen LogP contribution < -0.4 is 15.0 Å². The van der Waals surface area contributed by atoms with Crippen molar-refractivity contribution in [3.63, 3.8) is 0 Å². The van der Waals surface area contributed by atoms with Crippen LogP contribution in [0.15, 0.2) is 36.5 Å². The number of hydrogen-bond donors (Lipinski definition) is 1. The van der Waals surface area contributed by atoms with E-state index in [4.69, 9.17) is 4.74 Å². The fraction of sp³-hybridized carbons (Fsp3) is 0.231. The highest BCUT2D eigenvalue weighted by Gasteiger charge is 2.03. The number of aromatic nitrogens is 2. The lowest BCUT2D eigenvalue weighted by atomic mass is 10.3. The van der Waals surface area contributed by atoms with Gasteiger partial charge in [0, 0.05) is 39.1 Å². The van der Waals surface area contributed by atoms with E-state index in [-0.39, 0.29) is 0 Å². The van der Waals surface area contributed by atoms with Crippen molar-refractivity contribution in [2.75, 3.05) is 31.4 Å². The SMILES string of the molecule is CNc1ccc(Oc2ccnc(N(C)C)n2)cc1. The Bertz CT molecular complexity index is 511. The molecule has 0 atom stereocenters. The standard InChI is InChI=1S/C13H16N4O/c1-14-10-4-6-11(7-5-10)18-12-8-9-15-13(16-12)17(2)3/h4-9,14H,1-3H3. The van der Waals surface area contributed by atoms with Gasteiger partial charge in [0.1, 0.15) is 5.75 Å². The third-order valence-corrected chi connectivity index (χ3v) is 2.38. The van der Waals surface area contributed by atoms with Crippen LogP contribution in [-0.4, -0.2) is 31.1 Å². The first kappa shape index (κ1) is 12.2. The molecule has 0 radical (unpaired) electrons. The first-order valence-corrected chi connectivity index (χ1v) is 5.65. The van der Waals surface area contributed by atoms with Gasteiger partial charge in [-0.2, -0.15) is 4.98 Å². The molecule has 0 spiro atoms. The predicted octanol–water partition coefficient (Wildman–Crippen LogP) is 2.38. The predicted molar refractivity (Wildman–Crippen MR) is 72.4 cm³/mol. The number of rotatable bonds is 4. The van der Waals surface area contributed by atoms with Crippen LogP contribution in [0, 0.1) is 0 Å². The molecule has 5 nitrogen and oxygen atoms in total. The molecule has 0 amide bonds. The van der Waals surface area contributed by atoms with Crippen molar-refractivity contribution in [3.8, 4) is 11.6 Å². The Morgan fingerprint density at radius 3 is 2.44 bits per heavy atom. The molecule has 1 aromatic carbocycles. The lowest BCUT2D eigenvalue weighted by Crippen LogP contribution is -2.12. The Morgan fingerprint density at radius 2 is 1.83 bits per heavy atom. The summed E-state index contributed by atoms with van der Waals surface area (Å²) >= 11 is 0. The zero-order chi connectivity index (χ0) is 13.0. The lowest BCUT2D eigenvalue weighted by Gasteiger charge is -2.11. The normalized spacial score (nSPS) is 9.94. The molecular formula is C13H16N4O. The van der Waals surface area contributed by atoms with E-state index >= 15 is 0 Å². The fourth-order valence-corrected chi connectivity index (χ4v) is 1.42. The van der Waals surface area contributed by atoms with Crippen LogP contribution in [0.5, 0.6) is 11.6 Å². The molecule has 2 aromatic rings. The van der Waals surface area contributed by atoms with Crippen LogP contribution in [0.1, 0.15) is 0 Å². The van der Waals surface area contributed by atoms with E-state index in [0.29, 0.717) is 11.8 Å². The first-order chi connectivity index (χ1) is 8.69. The minimum Gasteiger partial charge on any atom is -0.439 e. The highest BCUT2D eigenvalue weighted by Crippen LogP contribution is 2.21. The minimum absolute atomic E-state index is 0.533. The highest BCUT2D eigenvalue weighted by molar-refractivity contribution is 5.46. The topological polar surface area (TPSA) is 50.3 Å². The number of anilines is 2. The fourth-order valence-electron chi connectivity index (χ4n) is 1.42. The van der Waals surface area contributed by atoms with Crippen LogP contribution in [0.2, 0.25) is 0 Å². The van der Waals surface area contributed by atoms with E-state index in [1.807, 2.05) is 50.3 Å². The van der Waals surface area contributed by atoms with Crippen molar-refractivity contribution in [2.24, 2.45) is 0 Å². The van der Waals surface area contributed by atoms with E-state index in [0.717, 1.165) is 11.4 Å². The zero-order valence-electron chi connectivity index (χ0n) is 10.7. The molecule has 0 saturated heterocycles. The summed E-state index contributed by atoms with van der Waals surface area (Å²) in [6.45, 7) is 0. The third kappa shape index (κ3) is 2.88. The summed E-state index contributed by atoms with van der Waals surface area (Å²) in [4.78, 5) is 10.3. The molecule has 0 aliphatic carbocycles. The van der Waals surface area contributed by atoms with Crippen molar-refractivity contribution in [1.29, 1.82) is 0 Å². The molecule has 0 unspecified atom stereocenters. The van der Waals surface area contributed by atoms with Gasteiger partial charge in [-0.15, -0.1) is 0 Å². The molecule has 0 aliphatic heterocycles. The van der Waals surface area contributed by atoms with Gasteiger partial charge in [0.25, 0.3) is 0 Å². The van der Waals surface area contributed by atoms with Gasteiger partial charge in [-0.05, 0) is 24.3 Å². The molecule has 0 fully saturated rings. The Balaban J connectivity index is 2.15. The monoisotopic (exact) mass is 244 g/mol. The van der Waals surface area contributed by atoms with E-state index in [1.54, 1.807) is 12.3 Å². The average Bonchev–Trinajstić information content (AvgIpc) is 2.40. The van der Waals surface area contributed by atoms with Crippen LogP contribution >= 0.6 is 0 Å². The number of nitrogens with zero attached hydrogens (tertiary/aromatic N) is 3. The van der Waals surface area contributed by atoms with Crippen LogP contribution in [0.25, 0.3) is 0 Å². The number of ether oxygens (including phenoxy) is 1. The van der Waals surface area contributed by atoms with Crippen LogP contribution in [-0.2, 0) is 0 Å². The molecule has 2 rings (SSSR count). The minimum atomic E-state index is 0.533. The van der Waals surface area contributed by atoms with Gasteiger partial charge >= 0.3 is 0 Å². The lowest BCUT2D eigenvalue weighted by molar-refractivity contribution is 0.462. The average molecular weight is 244 g/mol. The molecule has 1 heterocycles. The molecule has 0 aliphatic rings. The number of nitrogens with one attached hydrogen (secondary N) is 1. The molecule has 1 N–H and O–H groups in total. The van der Waals surface area contributed by atoms with Crippen molar-refractivity contribution >= 4 is 11.6 Å². The van der Waals surface area contributed by atoms with Gasteiger partial charge in [-0.1, -0.05) is 0 Å². The molecule has 18 heavy (non-hydrogen) atoms. The van der Waals surface area contributed by atoms with Crippen molar-refractivity contribution in [2.45, 2.75) is 0 Å². The summed E-state index contributed by atoms with van der Waals surface area (Å²) in [7, 11) is 5.66. The summed E-state index contributed by atoms with van der Waals surface area (Å²) in [5.41, 5.74) is 1.04. The zero-order valence-corrected chi connectivity index (χ0v) is 10.7. The molecule has 94 valence electrons. The Hall–Kier alpha value is -2.30. The summed E-state index contributed by atoms with van der Waals surface area (Å²) < 4.78 is 5.66. The van der Waals surface area contributed by atoms with E-state index in [2.05, 4.69) is 15.3 Å². The van der Waals surface area contributed by atoms with Crippen molar-refractivity contribution in [3.05, 3.63) is 36.5 Å². The maximum absolute atomic E-state index is 5.66. The van der Waals surface area contributed by atoms with Crippen LogP contribution in [0.4, 0.5) is 11.6 Å². The van der Waals surface area contributed by atoms with Gasteiger partial charge in [0.15, 0.2) is 0 Å². The third-order valence-electron chi connectivity index (χ3n) is 2.38. The van der Waals surface area contributed by atoms with Crippen LogP contribution in [0.3, 0.4) is 0 Å². The second-order valence-electron chi connectivity index (χ2n) is 3.97. The van der Waals surface area contributed by atoms with Gasteiger partial charge in [0.05, 0.1) is 0 Å². The molecule has 1 aromatic heterocycles. The summed E-state index contributed by atoms with van der Waals surface area (Å²) in [6, 6.07) is 9.41. The summed E-state index contributed by atoms with van der Waals surface area (Å²) in [5, 5.41) is 3.05. The molecule has 5 heteroatoms. The quantitative estimate of drug-likeness (QED) is 0.894. The summed E-state index contributed by atoms with van der Waals surface area (Å²) in [6.07, 6.45) is 1.68. The number of hydrogen-bond acceptors (Lipinski definition) is 5. The number of benzene rings is 1. The van der Waals surface area contributed by atoms with E-state index in [9.17, 15) is 0 Å². The maximum Gasteiger partial charge on any atom is 0.228 e. The second-order valence-corrected chi connectivity index (χ2v) is 3.97. The van der Waals surface area contributed by atoms with Gasteiger partial charge < -0.3 is 15.0 Å². The molecule has 0 bridgehead atoms. The van der Waals surface area contributed by atoms with Crippen molar-refractivity contribution < 1.29 is 4.74 Å². The maximum atomic E-state index is 5.66. The second kappa shape index (κ2) is 5.35. The first-order valence-electron chi connectivity index (χ1n) is 5.65. The van der Waals surface area contributed by atoms with Gasteiger partial charge in [0.2, 0.25) is 11.8 Å². The molecular weight excluding hydrogens is 228 g/mol. The largest absolute Gasteiger partial charge is 0.439 e. The van der Waals surface area contributed by atoms with E-state index < -0.39 is 0 Å². The smallest absolute Gasteiger partial charge is 0.228 e. The highest BCUT2D eigenvalue weighted by atomic mass is 16.5. The van der Waals surface area contributed by atoms with E-state index in [1.165, 1.54) is 0 Å². The van der Waals surface area contributed by atoms with Crippen molar-refractivity contribution in [1.82, 2.24) is 9.97 Å². The van der Waals surface area contributed by atoms with Gasteiger partial charge in [-0.25, -0.2) is 4.98 Å². The summed E-state index contributed by atoms with van der Waals surface area (Å²) in [5.74, 6) is 1.91. The molecule has 0 saturated carbocycles. The Labute approximate surface area is 106 Å². The Morgan fingerprint density at radius 1 is 1.11 bits per heavy atom.